The number of allylic oxidation sites excluding steroid dienone is 1. The van der Waals surface area contributed by atoms with Crippen molar-refractivity contribution in [2.75, 3.05) is 19.7 Å². The largest absolute Gasteiger partial charge is 0.445 e. The first-order chi connectivity index (χ1) is 17.0. The van der Waals surface area contributed by atoms with Gasteiger partial charge in [0.1, 0.15) is 5.76 Å². The van der Waals surface area contributed by atoms with E-state index in [2.05, 4.69) is 17.6 Å². The number of hydrogen-bond acceptors (Lipinski definition) is 5. The lowest BCUT2D eigenvalue weighted by Gasteiger charge is -2.20. The van der Waals surface area contributed by atoms with Gasteiger partial charge in [0.25, 0.3) is 5.91 Å². The van der Waals surface area contributed by atoms with Crippen LogP contribution in [0.15, 0.2) is 46.9 Å². The Labute approximate surface area is 216 Å². The summed E-state index contributed by atoms with van der Waals surface area (Å²) < 4.78 is 13.1. The van der Waals surface area contributed by atoms with Crippen LogP contribution < -0.4 is 5.43 Å². The first-order valence-corrected chi connectivity index (χ1v) is 12.4. The highest BCUT2D eigenvalue weighted by Gasteiger charge is 2.36. The second-order valence-electron chi connectivity index (χ2n) is 8.92. The van der Waals surface area contributed by atoms with Gasteiger partial charge in [-0.05, 0) is 66.3 Å². The van der Waals surface area contributed by atoms with Crippen molar-refractivity contribution in [1.29, 1.82) is 0 Å². The predicted molar refractivity (Wildman–Crippen MR) is 135 cm³/mol. The van der Waals surface area contributed by atoms with Gasteiger partial charge in [-0.2, -0.15) is 5.10 Å². The fourth-order valence-electron chi connectivity index (χ4n) is 5.03. The van der Waals surface area contributed by atoms with Gasteiger partial charge in [0, 0.05) is 29.2 Å². The van der Waals surface area contributed by atoms with Gasteiger partial charge >= 0.3 is 0 Å². The molecule has 180 valence electrons. The number of nitrogens with one attached hydrogen (secondary N) is 1. The summed E-state index contributed by atoms with van der Waals surface area (Å²) in [4.78, 5) is 13.4. The number of carbonyl (C=O) groups excluding carboxylic acids is 1. The maximum Gasteiger partial charge on any atom is 0.286 e. The Kier molecular flexibility index (Phi) is 5.98. The Morgan fingerprint density at radius 1 is 1.14 bits per heavy atom. The first-order valence-electron chi connectivity index (χ1n) is 11.3. The van der Waals surface area contributed by atoms with Crippen molar-refractivity contribution in [3.63, 3.8) is 0 Å². The van der Waals surface area contributed by atoms with E-state index in [9.17, 15) is 4.79 Å². The van der Waals surface area contributed by atoms with E-state index in [1.54, 1.807) is 35.0 Å². The van der Waals surface area contributed by atoms with Crippen molar-refractivity contribution in [1.82, 2.24) is 20.2 Å². The van der Waals surface area contributed by atoms with Crippen molar-refractivity contribution >= 4 is 52.4 Å². The molecule has 3 aliphatic rings. The standard InChI is InChI=1S/C25H21Cl3N4O3/c26-17-4-6-21(20(27)9-17)32-24-16(8-18-5-7-22(28)35-18)12-34-13-19(24)23(29-32)25(33)30-31-10-14-2-1-3-15(14)11-31/h1-2,4-9,14-15H,3,10-13H2,(H,30,33)/b16-8+. The van der Waals surface area contributed by atoms with E-state index in [0.29, 0.717) is 51.2 Å². The normalized spacial score (nSPS) is 22.5. The molecule has 1 saturated heterocycles. The molecule has 2 unspecified atom stereocenters. The lowest BCUT2D eigenvalue weighted by Crippen LogP contribution is -2.41. The molecule has 0 spiro atoms. The first kappa shape index (κ1) is 22.9. The van der Waals surface area contributed by atoms with Gasteiger partial charge in [0.05, 0.1) is 29.6 Å². The van der Waals surface area contributed by atoms with Crippen LogP contribution in [-0.2, 0) is 11.3 Å². The molecule has 0 bridgehead atoms. The number of nitrogens with zero attached hydrogens (tertiary/aromatic N) is 3. The summed E-state index contributed by atoms with van der Waals surface area (Å²) in [5.41, 5.74) is 6.16. The molecule has 1 aliphatic carbocycles. The van der Waals surface area contributed by atoms with Crippen LogP contribution in [0.4, 0.5) is 0 Å². The summed E-state index contributed by atoms with van der Waals surface area (Å²) in [6.07, 6.45) is 7.35. The molecule has 1 fully saturated rings. The van der Waals surface area contributed by atoms with E-state index in [-0.39, 0.29) is 17.7 Å². The Bertz CT molecular complexity index is 1380. The quantitative estimate of drug-likeness (QED) is 0.441. The van der Waals surface area contributed by atoms with Gasteiger partial charge in [-0.3, -0.25) is 10.2 Å². The topological polar surface area (TPSA) is 72.5 Å². The summed E-state index contributed by atoms with van der Waals surface area (Å²) in [5.74, 6) is 1.32. The van der Waals surface area contributed by atoms with E-state index >= 15 is 0 Å². The van der Waals surface area contributed by atoms with Gasteiger partial charge < -0.3 is 9.15 Å². The van der Waals surface area contributed by atoms with Crippen LogP contribution in [0.5, 0.6) is 0 Å². The zero-order chi connectivity index (χ0) is 24.1. The number of furan rings is 1. The van der Waals surface area contributed by atoms with Gasteiger partial charge in [0.15, 0.2) is 10.9 Å². The molecule has 35 heavy (non-hydrogen) atoms. The molecule has 2 atom stereocenters. The number of ether oxygens (including phenoxy) is 1. The summed E-state index contributed by atoms with van der Waals surface area (Å²) in [6.45, 7) is 2.16. The molecule has 1 aromatic carbocycles. The van der Waals surface area contributed by atoms with E-state index in [1.165, 1.54) is 0 Å². The summed E-state index contributed by atoms with van der Waals surface area (Å²) >= 11 is 18.7. The van der Waals surface area contributed by atoms with Crippen molar-refractivity contribution in [3.8, 4) is 5.69 Å². The number of halogens is 3. The number of carbonyl (C=O) groups is 1. The maximum absolute atomic E-state index is 13.4. The summed E-state index contributed by atoms with van der Waals surface area (Å²) in [6, 6.07) is 8.61. The molecular formula is C25H21Cl3N4O3. The monoisotopic (exact) mass is 530 g/mol. The second kappa shape index (κ2) is 9.15. The molecule has 6 rings (SSSR count). The molecule has 4 heterocycles. The van der Waals surface area contributed by atoms with Crippen molar-refractivity contribution in [2.24, 2.45) is 11.8 Å². The van der Waals surface area contributed by atoms with Crippen molar-refractivity contribution < 1.29 is 13.9 Å². The average Bonchev–Trinajstić information content (AvgIpc) is 3.58. The Morgan fingerprint density at radius 3 is 2.80 bits per heavy atom. The van der Waals surface area contributed by atoms with Crippen LogP contribution in [0.1, 0.15) is 33.9 Å². The molecule has 3 aromatic rings. The van der Waals surface area contributed by atoms with E-state index in [1.807, 2.05) is 11.1 Å². The van der Waals surface area contributed by atoms with Gasteiger partial charge in [-0.1, -0.05) is 35.4 Å². The van der Waals surface area contributed by atoms with Crippen LogP contribution >= 0.6 is 34.8 Å². The van der Waals surface area contributed by atoms with Crippen molar-refractivity contribution in [2.45, 2.75) is 13.0 Å². The Morgan fingerprint density at radius 2 is 2.03 bits per heavy atom. The van der Waals surface area contributed by atoms with Crippen LogP contribution in [0.2, 0.25) is 15.3 Å². The van der Waals surface area contributed by atoms with Gasteiger partial charge in [0.2, 0.25) is 0 Å². The number of hydrazine groups is 1. The summed E-state index contributed by atoms with van der Waals surface area (Å²) in [5, 5.41) is 7.91. The number of hydrogen-bond donors (Lipinski definition) is 1. The Balaban J connectivity index is 1.41. The molecule has 2 aliphatic heterocycles. The maximum atomic E-state index is 13.4. The highest BCUT2D eigenvalue weighted by molar-refractivity contribution is 6.35. The number of rotatable bonds is 4. The molecule has 0 saturated carbocycles. The SMILES string of the molecule is O=C(NN1CC2C=CCC2C1)c1nn(-c2ccc(Cl)cc2Cl)c2c1COC/C2=C\c1ccc(Cl)o1. The minimum Gasteiger partial charge on any atom is -0.445 e. The highest BCUT2D eigenvalue weighted by atomic mass is 35.5. The van der Waals surface area contributed by atoms with Crippen LogP contribution in [-0.4, -0.2) is 40.4 Å². The van der Waals surface area contributed by atoms with E-state index in [0.717, 1.165) is 30.8 Å². The molecular weight excluding hydrogens is 511 g/mol. The number of aromatic nitrogens is 2. The smallest absolute Gasteiger partial charge is 0.286 e. The Hall–Kier alpha value is -2.55. The van der Waals surface area contributed by atoms with Gasteiger partial charge in [-0.25, -0.2) is 9.69 Å². The third-order valence-electron chi connectivity index (χ3n) is 6.63. The third kappa shape index (κ3) is 4.32. The van der Waals surface area contributed by atoms with Crippen LogP contribution in [0.25, 0.3) is 17.3 Å². The van der Waals surface area contributed by atoms with E-state index in [4.69, 9.17) is 49.1 Å². The average molecular weight is 532 g/mol. The molecule has 2 aromatic heterocycles. The highest BCUT2D eigenvalue weighted by Crippen LogP contribution is 2.36. The molecule has 0 radical (unpaired) electrons. The number of benzene rings is 1. The lowest BCUT2D eigenvalue weighted by molar-refractivity contribution is 0.0805. The zero-order valence-corrected chi connectivity index (χ0v) is 20.8. The molecule has 7 nitrogen and oxygen atoms in total. The minimum absolute atomic E-state index is 0.244. The lowest BCUT2D eigenvalue weighted by atomic mass is 10.0. The fourth-order valence-corrected chi connectivity index (χ4v) is 5.67. The fraction of sp³-hybridized carbons (Fsp3) is 0.280. The molecule has 1 N–H and O–H groups in total. The number of amides is 1. The summed E-state index contributed by atoms with van der Waals surface area (Å²) in [7, 11) is 0. The number of fused-ring (bicyclic) bond motifs is 2. The zero-order valence-electron chi connectivity index (χ0n) is 18.5. The van der Waals surface area contributed by atoms with Crippen LogP contribution in [0, 0.1) is 11.8 Å². The molecule has 10 heteroatoms. The third-order valence-corrected chi connectivity index (χ3v) is 7.37. The minimum atomic E-state index is -0.278. The molecule has 1 amide bonds. The van der Waals surface area contributed by atoms with Crippen molar-refractivity contribution in [3.05, 3.63) is 80.5 Å². The van der Waals surface area contributed by atoms with Gasteiger partial charge in [-0.15, -0.1) is 0 Å². The second-order valence-corrected chi connectivity index (χ2v) is 10.1. The predicted octanol–water partition coefficient (Wildman–Crippen LogP) is 5.65. The van der Waals surface area contributed by atoms with E-state index < -0.39 is 0 Å². The van der Waals surface area contributed by atoms with Crippen LogP contribution in [0.3, 0.4) is 0 Å².